The van der Waals surface area contributed by atoms with Crippen molar-refractivity contribution in [3.05, 3.63) is 11.1 Å². The zero-order valence-electron chi connectivity index (χ0n) is 10.2. The number of hydrogen-bond acceptors (Lipinski definition) is 2. The van der Waals surface area contributed by atoms with E-state index in [4.69, 9.17) is 0 Å². The molecule has 0 bridgehead atoms. The highest BCUT2D eigenvalue weighted by atomic mass is 16.2. The van der Waals surface area contributed by atoms with Gasteiger partial charge in [-0.05, 0) is 30.6 Å². The van der Waals surface area contributed by atoms with E-state index in [0.717, 1.165) is 18.4 Å². The van der Waals surface area contributed by atoms with E-state index in [0.29, 0.717) is 5.92 Å². The SMILES string of the molecule is CC1CC(=C2CC(=O)NC2=O)CC(C)(C)C1. The Bertz CT molecular complexity index is 379. The first kappa shape index (κ1) is 11.4. The first-order valence-corrected chi connectivity index (χ1v) is 5.92. The van der Waals surface area contributed by atoms with Crippen LogP contribution in [-0.4, -0.2) is 11.8 Å². The molecule has 1 unspecified atom stereocenters. The molecule has 88 valence electrons. The van der Waals surface area contributed by atoms with E-state index in [9.17, 15) is 9.59 Å². The lowest BCUT2D eigenvalue weighted by Crippen LogP contribution is -2.25. The standard InChI is InChI=1S/C13H19NO2/c1-8-4-9(7-13(2,3)6-8)10-5-11(15)14-12(10)16/h8H,4-7H2,1-3H3,(H,14,15,16). The van der Waals surface area contributed by atoms with Gasteiger partial charge >= 0.3 is 0 Å². The van der Waals surface area contributed by atoms with Crippen LogP contribution in [0, 0.1) is 11.3 Å². The van der Waals surface area contributed by atoms with Crippen molar-refractivity contribution < 1.29 is 9.59 Å². The summed E-state index contributed by atoms with van der Waals surface area (Å²) in [4.78, 5) is 22.8. The Morgan fingerprint density at radius 3 is 2.50 bits per heavy atom. The van der Waals surface area contributed by atoms with Crippen molar-refractivity contribution in [2.75, 3.05) is 0 Å². The van der Waals surface area contributed by atoms with Crippen LogP contribution < -0.4 is 5.32 Å². The Balaban J connectivity index is 2.29. The molecule has 1 saturated heterocycles. The lowest BCUT2D eigenvalue weighted by molar-refractivity contribution is -0.124. The summed E-state index contributed by atoms with van der Waals surface area (Å²) in [5, 5.41) is 2.37. The molecule has 2 rings (SSSR count). The molecule has 0 radical (unpaired) electrons. The van der Waals surface area contributed by atoms with Crippen LogP contribution in [0.15, 0.2) is 11.1 Å². The average molecular weight is 221 g/mol. The molecular formula is C13H19NO2. The summed E-state index contributed by atoms with van der Waals surface area (Å²) in [6, 6.07) is 0. The fourth-order valence-corrected chi connectivity index (χ4v) is 3.16. The van der Waals surface area contributed by atoms with Gasteiger partial charge in [-0.2, -0.15) is 0 Å². The summed E-state index contributed by atoms with van der Waals surface area (Å²) in [6.07, 6.45) is 3.41. The zero-order chi connectivity index (χ0) is 11.9. The van der Waals surface area contributed by atoms with Crippen LogP contribution in [-0.2, 0) is 9.59 Å². The lowest BCUT2D eigenvalue weighted by atomic mass is 9.69. The van der Waals surface area contributed by atoms with Gasteiger partial charge in [0.25, 0.3) is 5.91 Å². The minimum Gasteiger partial charge on any atom is -0.292 e. The van der Waals surface area contributed by atoms with Gasteiger partial charge in [0.2, 0.25) is 5.91 Å². The highest BCUT2D eigenvalue weighted by Crippen LogP contribution is 2.43. The maximum Gasteiger partial charge on any atom is 0.254 e. The van der Waals surface area contributed by atoms with Gasteiger partial charge in [0, 0.05) is 5.57 Å². The summed E-state index contributed by atoms with van der Waals surface area (Å²) in [7, 11) is 0. The Morgan fingerprint density at radius 1 is 1.31 bits per heavy atom. The Hall–Kier alpha value is -1.12. The van der Waals surface area contributed by atoms with E-state index in [1.807, 2.05) is 0 Å². The Morgan fingerprint density at radius 2 is 2.00 bits per heavy atom. The van der Waals surface area contributed by atoms with Crippen LogP contribution in [0.4, 0.5) is 0 Å². The predicted molar refractivity (Wildman–Crippen MR) is 61.6 cm³/mol. The van der Waals surface area contributed by atoms with Crippen LogP contribution >= 0.6 is 0 Å². The van der Waals surface area contributed by atoms with Crippen LogP contribution in [0.5, 0.6) is 0 Å². The second-order valence-corrected chi connectivity index (χ2v) is 5.99. The van der Waals surface area contributed by atoms with Crippen molar-refractivity contribution >= 4 is 11.8 Å². The third kappa shape index (κ3) is 2.18. The van der Waals surface area contributed by atoms with Crippen LogP contribution in [0.3, 0.4) is 0 Å². The third-order valence-electron chi connectivity index (χ3n) is 3.48. The van der Waals surface area contributed by atoms with Gasteiger partial charge in [-0.3, -0.25) is 14.9 Å². The molecule has 3 heteroatoms. The quantitative estimate of drug-likeness (QED) is 0.503. The van der Waals surface area contributed by atoms with Crippen molar-refractivity contribution in [1.82, 2.24) is 5.32 Å². The number of carbonyl (C=O) groups is 2. The lowest BCUT2D eigenvalue weighted by Gasteiger charge is -2.36. The van der Waals surface area contributed by atoms with Gasteiger partial charge in [0.15, 0.2) is 0 Å². The van der Waals surface area contributed by atoms with E-state index >= 15 is 0 Å². The smallest absolute Gasteiger partial charge is 0.254 e. The molecule has 16 heavy (non-hydrogen) atoms. The minimum atomic E-state index is -0.162. The number of amides is 2. The van der Waals surface area contributed by atoms with E-state index in [1.165, 1.54) is 12.0 Å². The molecule has 2 aliphatic rings. The fourth-order valence-electron chi connectivity index (χ4n) is 3.16. The molecule has 1 aliphatic heterocycles. The molecule has 0 spiro atoms. The van der Waals surface area contributed by atoms with Crippen LogP contribution in [0.2, 0.25) is 0 Å². The molecule has 2 fully saturated rings. The zero-order valence-corrected chi connectivity index (χ0v) is 10.2. The van der Waals surface area contributed by atoms with Gasteiger partial charge < -0.3 is 0 Å². The van der Waals surface area contributed by atoms with Crippen LogP contribution in [0.25, 0.3) is 0 Å². The molecular weight excluding hydrogens is 202 g/mol. The van der Waals surface area contributed by atoms with Crippen molar-refractivity contribution in [2.24, 2.45) is 11.3 Å². The van der Waals surface area contributed by atoms with Gasteiger partial charge in [-0.1, -0.05) is 26.3 Å². The molecule has 0 aromatic rings. The van der Waals surface area contributed by atoms with E-state index < -0.39 is 0 Å². The molecule has 1 saturated carbocycles. The molecule has 3 nitrogen and oxygen atoms in total. The Labute approximate surface area is 96.3 Å². The number of nitrogens with one attached hydrogen (secondary N) is 1. The molecule has 0 aromatic carbocycles. The number of imide groups is 1. The fraction of sp³-hybridized carbons (Fsp3) is 0.692. The highest BCUT2D eigenvalue weighted by Gasteiger charge is 2.34. The average Bonchev–Trinajstić information content (AvgIpc) is 2.41. The largest absolute Gasteiger partial charge is 0.292 e. The summed E-state index contributed by atoms with van der Waals surface area (Å²) in [6.45, 7) is 6.69. The first-order valence-electron chi connectivity index (χ1n) is 5.92. The van der Waals surface area contributed by atoms with Gasteiger partial charge in [-0.25, -0.2) is 0 Å². The van der Waals surface area contributed by atoms with Crippen molar-refractivity contribution in [3.63, 3.8) is 0 Å². The molecule has 2 amide bonds. The maximum atomic E-state index is 11.6. The summed E-state index contributed by atoms with van der Waals surface area (Å²) >= 11 is 0. The van der Waals surface area contributed by atoms with E-state index in [2.05, 4.69) is 26.1 Å². The van der Waals surface area contributed by atoms with E-state index in [1.54, 1.807) is 0 Å². The second kappa shape index (κ2) is 3.72. The molecule has 1 aliphatic carbocycles. The first-order chi connectivity index (χ1) is 7.37. The maximum absolute atomic E-state index is 11.6. The van der Waals surface area contributed by atoms with E-state index in [-0.39, 0.29) is 23.7 Å². The topological polar surface area (TPSA) is 46.2 Å². The second-order valence-electron chi connectivity index (χ2n) is 5.99. The highest BCUT2D eigenvalue weighted by molar-refractivity contribution is 6.13. The van der Waals surface area contributed by atoms with Gasteiger partial charge in [0.1, 0.15) is 0 Å². The number of allylic oxidation sites excluding steroid dienone is 1. The monoisotopic (exact) mass is 221 g/mol. The number of carbonyl (C=O) groups excluding carboxylic acids is 2. The third-order valence-corrected chi connectivity index (χ3v) is 3.48. The van der Waals surface area contributed by atoms with Gasteiger partial charge in [-0.15, -0.1) is 0 Å². The molecule has 1 N–H and O–H groups in total. The summed E-state index contributed by atoms with van der Waals surface area (Å²) in [5.74, 6) is 0.295. The number of hydrogen-bond donors (Lipinski definition) is 1. The predicted octanol–water partition coefficient (Wildman–Crippen LogP) is 2.18. The minimum absolute atomic E-state index is 0.150. The van der Waals surface area contributed by atoms with Crippen molar-refractivity contribution in [2.45, 2.75) is 46.5 Å². The number of rotatable bonds is 0. The van der Waals surface area contributed by atoms with Crippen LogP contribution in [0.1, 0.15) is 46.5 Å². The normalized spacial score (nSPS) is 34.1. The van der Waals surface area contributed by atoms with Gasteiger partial charge in [0.05, 0.1) is 6.42 Å². The molecule has 1 atom stereocenters. The van der Waals surface area contributed by atoms with Crippen molar-refractivity contribution in [1.29, 1.82) is 0 Å². The van der Waals surface area contributed by atoms with Crippen molar-refractivity contribution in [3.8, 4) is 0 Å². The Kier molecular flexibility index (Phi) is 2.64. The summed E-state index contributed by atoms with van der Waals surface area (Å²) < 4.78 is 0. The molecule has 0 aromatic heterocycles. The summed E-state index contributed by atoms with van der Waals surface area (Å²) in [5.41, 5.74) is 2.20. The molecule has 1 heterocycles.